The summed E-state index contributed by atoms with van der Waals surface area (Å²) in [5, 5.41) is 2.61. The maximum atomic E-state index is 3.38. The van der Waals surface area contributed by atoms with Crippen molar-refractivity contribution in [3.8, 4) is 0 Å². The number of rotatable bonds is 0. The summed E-state index contributed by atoms with van der Waals surface area (Å²) in [6, 6.07) is 16.8. The fourth-order valence-electron chi connectivity index (χ4n) is 1.80. The molecule has 0 amide bonds. The van der Waals surface area contributed by atoms with Gasteiger partial charge in [-0.2, -0.15) is 0 Å². The van der Waals surface area contributed by atoms with E-state index in [1.165, 1.54) is 21.8 Å². The highest BCUT2D eigenvalue weighted by Gasteiger charge is 2.00. The SMILES string of the molecule is I.I.c1ccc2c(c1)[nH]c1ccccc12. The maximum Gasteiger partial charge on any atom is 0.0464 e. The van der Waals surface area contributed by atoms with E-state index in [-0.39, 0.29) is 48.0 Å². The summed E-state index contributed by atoms with van der Waals surface area (Å²) in [4.78, 5) is 3.38. The molecule has 0 saturated heterocycles. The predicted octanol–water partition coefficient (Wildman–Crippen LogP) is 4.56. The lowest BCUT2D eigenvalue weighted by atomic mass is 10.2. The molecule has 3 aromatic rings. The van der Waals surface area contributed by atoms with Crippen LogP contribution in [-0.2, 0) is 0 Å². The first-order valence-electron chi connectivity index (χ1n) is 4.40. The molecule has 0 radical (unpaired) electrons. The number of nitrogens with one attached hydrogen (secondary N) is 1. The number of hydrogen-bond donors (Lipinski definition) is 1. The molecule has 0 fully saturated rings. The number of benzene rings is 2. The Bertz CT molecular complexity index is 521. The molecule has 0 atom stereocenters. The van der Waals surface area contributed by atoms with Crippen molar-refractivity contribution in [2.75, 3.05) is 0 Å². The van der Waals surface area contributed by atoms with Gasteiger partial charge in [-0.3, -0.25) is 0 Å². The molecule has 3 heteroatoms. The van der Waals surface area contributed by atoms with Gasteiger partial charge in [0, 0.05) is 21.8 Å². The zero-order valence-corrected chi connectivity index (χ0v) is 12.6. The molecular weight excluding hydrogens is 412 g/mol. The zero-order chi connectivity index (χ0) is 8.67. The Kier molecular flexibility index (Phi) is 4.39. The molecule has 2 aromatic carbocycles. The number of para-hydroxylation sites is 2. The molecule has 0 aliphatic carbocycles. The topological polar surface area (TPSA) is 15.8 Å². The fraction of sp³-hybridized carbons (Fsp3) is 0. The van der Waals surface area contributed by atoms with Crippen molar-refractivity contribution in [1.29, 1.82) is 0 Å². The number of aromatic amines is 1. The first-order chi connectivity index (χ1) is 6.45. The molecule has 0 aliphatic rings. The maximum absolute atomic E-state index is 3.38. The van der Waals surface area contributed by atoms with Crippen LogP contribution in [0, 0.1) is 0 Å². The summed E-state index contributed by atoms with van der Waals surface area (Å²) in [7, 11) is 0. The summed E-state index contributed by atoms with van der Waals surface area (Å²) in [6.07, 6.45) is 0. The van der Waals surface area contributed by atoms with Crippen LogP contribution >= 0.6 is 48.0 Å². The van der Waals surface area contributed by atoms with Gasteiger partial charge in [0.15, 0.2) is 0 Å². The van der Waals surface area contributed by atoms with Crippen LogP contribution in [0.5, 0.6) is 0 Å². The third-order valence-corrected chi connectivity index (χ3v) is 2.41. The molecular formula is C12H11I2N. The van der Waals surface area contributed by atoms with Crippen LogP contribution in [0.2, 0.25) is 0 Å². The van der Waals surface area contributed by atoms with Gasteiger partial charge < -0.3 is 4.98 Å². The van der Waals surface area contributed by atoms with Crippen molar-refractivity contribution >= 4 is 69.8 Å². The Morgan fingerprint density at radius 1 is 0.600 bits per heavy atom. The summed E-state index contributed by atoms with van der Waals surface area (Å²) >= 11 is 0. The van der Waals surface area contributed by atoms with Crippen molar-refractivity contribution in [1.82, 2.24) is 4.98 Å². The van der Waals surface area contributed by atoms with Gasteiger partial charge in [-0.25, -0.2) is 0 Å². The largest absolute Gasteiger partial charge is 0.355 e. The van der Waals surface area contributed by atoms with Gasteiger partial charge in [0.05, 0.1) is 0 Å². The van der Waals surface area contributed by atoms with Gasteiger partial charge in [-0.15, -0.1) is 48.0 Å². The molecule has 15 heavy (non-hydrogen) atoms. The number of H-pyrrole nitrogens is 1. The highest BCUT2D eigenvalue weighted by Crippen LogP contribution is 2.24. The lowest BCUT2D eigenvalue weighted by molar-refractivity contribution is 1.55. The molecule has 1 nitrogen and oxygen atoms in total. The first kappa shape index (κ1) is 12.8. The first-order valence-corrected chi connectivity index (χ1v) is 4.40. The highest BCUT2D eigenvalue weighted by molar-refractivity contribution is 14.0. The van der Waals surface area contributed by atoms with Crippen molar-refractivity contribution in [2.45, 2.75) is 0 Å². The fourth-order valence-corrected chi connectivity index (χ4v) is 1.80. The predicted molar refractivity (Wildman–Crippen MR) is 86.6 cm³/mol. The van der Waals surface area contributed by atoms with E-state index in [1.807, 2.05) is 0 Å². The molecule has 0 saturated carbocycles. The zero-order valence-electron chi connectivity index (χ0n) is 7.94. The van der Waals surface area contributed by atoms with Crippen LogP contribution in [0.3, 0.4) is 0 Å². The molecule has 1 aromatic heterocycles. The number of hydrogen-bond acceptors (Lipinski definition) is 0. The lowest BCUT2D eigenvalue weighted by Crippen LogP contribution is -1.62. The Hall–Kier alpha value is -0.300. The van der Waals surface area contributed by atoms with E-state index >= 15 is 0 Å². The summed E-state index contributed by atoms with van der Waals surface area (Å²) in [6.45, 7) is 0. The van der Waals surface area contributed by atoms with Crippen LogP contribution in [-0.4, -0.2) is 4.98 Å². The van der Waals surface area contributed by atoms with Gasteiger partial charge in [-0.1, -0.05) is 36.4 Å². The van der Waals surface area contributed by atoms with Gasteiger partial charge in [0.1, 0.15) is 0 Å². The number of aromatic nitrogens is 1. The van der Waals surface area contributed by atoms with E-state index in [4.69, 9.17) is 0 Å². The van der Waals surface area contributed by atoms with Gasteiger partial charge in [0.25, 0.3) is 0 Å². The van der Waals surface area contributed by atoms with Gasteiger partial charge in [0.2, 0.25) is 0 Å². The van der Waals surface area contributed by atoms with Crippen LogP contribution in [0.15, 0.2) is 48.5 Å². The van der Waals surface area contributed by atoms with E-state index in [1.54, 1.807) is 0 Å². The summed E-state index contributed by atoms with van der Waals surface area (Å²) in [5.41, 5.74) is 2.42. The standard InChI is InChI=1S/C12H9N.2HI/c1-3-7-11-9(5-1)10-6-2-4-8-12(10)13-11;;/h1-8,13H;2*1H. The van der Waals surface area contributed by atoms with E-state index in [9.17, 15) is 0 Å². The number of fused-ring (bicyclic) bond motifs is 3. The molecule has 0 aliphatic heterocycles. The normalized spacial score (nSPS) is 9.60. The Labute approximate surface area is 122 Å². The highest BCUT2D eigenvalue weighted by atomic mass is 127. The third-order valence-electron chi connectivity index (χ3n) is 2.41. The number of halogens is 2. The smallest absolute Gasteiger partial charge is 0.0464 e. The minimum atomic E-state index is 0. The molecule has 0 bridgehead atoms. The average molecular weight is 423 g/mol. The molecule has 1 heterocycles. The molecule has 0 spiro atoms. The van der Waals surface area contributed by atoms with Gasteiger partial charge in [-0.05, 0) is 12.1 Å². The third kappa shape index (κ3) is 2.13. The second-order valence-corrected chi connectivity index (χ2v) is 3.22. The van der Waals surface area contributed by atoms with Gasteiger partial charge >= 0.3 is 0 Å². The molecule has 0 unspecified atom stereocenters. The van der Waals surface area contributed by atoms with Crippen molar-refractivity contribution in [3.63, 3.8) is 0 Å². The van der Waals surface area contributed by atoms with Crippen LogP contribution in [0.4, 0.5) is 0 Å². The molecule has 3 rings (SSSR count). The minimum Gasteiger partial charge on any atom is -0.355 e. The van der Waals surface area contributed by atoms with E-state index in [0.29, 0.717) is 0 Å². The van der Waals surface area contributed by atoms with E-state index in [2.05, 4.69) is 53.5 Å². The summed E-state index contributed by atoms with van der Waals surface area (Å²) < 4.78 is 0. The Morgan fingerprint density at radius 2 is 1.00 bits per heavy atom. The second kappa shape index (κ2) is 5.16. The van der Waals surface area contributed by atoms with Crippen molar-refractivity contribution < 1.29 is 0 Å². The van der Waals surface area contributed by atoms with E-state index in [0.717, 1.165) is 0 Å². The Balaban J connectivity index is 0.000000562. The lowest BCUT2D eigenvalue weighted by Gasteiger charge is -1.87. The van der Waals surface area contributed by atoms with E-state index < -0.39 is 0 Å². The average Bonchev–Trinajstić information content (AvgIpc) is 2.56. The molecule has 78 valence electrons. The summed E-state index contributed by atoms with van der Waals surface area (Å²) in [5.74, 6) is 0. The minimum absolute atomic E-state index is 0. The quantitative estimate of drug-likeness (QED) is 0.511. The van der Waals surface area contributed by atoms with Crippen LogP contribution in [0.1, 0.15) is 0 Å². The van der Waals surface area contributed by atoms with Crippen LogP contribution < -0.4 is 0 Å². The Morgan fingerprint density at radius 3 is 1.47 bits per heavy atom. The monoisotopic (exact) mass is 423 g/mol. The molecule has 1 N–H and O–H groups in total. The second-order valence-electron chi connectivity index (χ2n) is 3.22. The van der Waals surface area contributed by atoms with Crippen LogP contribution in [0.25, 0.3) is 21.8 Å². The van der Waals surface area contributed by atoms with Crippen molar-refractivity contribution in [3.05, 3.63) is 48.5 Å². The van der Waals surface area contributed by atoms with Crippen molar-refractivity contribution in [2.24, 2.45) is 0 Å².